The van der Waals surface area contributed by atoms with E-state index in [4.69, 9.17) is 11.6 Å². The van der Waals surface area contributed by atoms with Gasteiger partial charge in [-0.3, -0.25) is 13.9 Å². The first-order valence-corrected chi connectivity index (χ1v) is 16.1. The number of hydrogen-bond acceptors (Lipinski definition) is 4. The number of benzene rings is 3. The first-order valence-electron chi connectivity index (χ1n) is 13.8. The van der Waals surface area contributed by atoms with Gasteiger partial charge >= 0.3 is 6.18 Å². The molecular weight excluding hydrogens is 603 g/mol. The number of nitrogens with one attached hydrogen (secondary N) is 1. The maximum Gasteiger partial charge on any atom is 0.416 e. The topological polar surface area (TPSA) is 86.8 Å². The smallest absolute Gasteiger partial charge is 0.352 e. The van der Waals surface area contributed by atoms with E-state index < -0.39 is 40.3 Å². The molecule has 0 aliphatic heterocycles. The average molecular weight is 636 g/mol. The van der Waals surface area contributed by atoms with Crippen molar-refractivity contribution in [3.8, 4) is 0 Å². The van der Waals surface area contributed by atoms with Crippen LogP contribution in [-0.4, -0.2) is 50.0 Å². The van der Waals surface area contributed by atoms with Crippen molar-refractivity contribution >= 4 is 39.1 Å². The van der Waals surface area contributed by atoms with Crippen molar-refractivity contribution in [2.45, 2.75) is 56.9 Å². The lowest BCUT2D eigenvalue weighted by molar-refractivity contribution is -0.140. The fourth-order valence-electron chi connectivity index (χ4n) is 5.16. The molecule has 12 heteroatoms. The second-order valence-corrected chi connectivity index (χ2v) is 13.0. The minimum absolute atomic E-state index is 0.0455. The second-order valence-electron chi connectivity index (χ2n) is 10.7. The third-order valence-electron chi connectivity index (χ3n) is 7.38. The number of alkyl halides is 3. The number of rotatable bonds is 11. The molecule has 230 valence electrons. The summed E-state index contributed by atoms with van der Waals surface area (Å²) in [5.41, 5.74) is 0.0458. The summed E-state index contributed by atoms with van der Waals surface area (Å²) >= 11 is 6.06. The predicted octanol–water partition coefficient (Wildman–Crippen LogP) is 5.82. The van der Waals surface area contributed by atoms with Crippen LogP contribution in [0.3, 0.4) is 0 Å². The lowest BCUT2D eigenvalue weighted by Crippen LogP contribution is -2.54. The second kappa shape index (κ2) is 13.8. The van der Waals surface area contributed by atoms with Crippen LogP contribution in [0.15, 0.2) is 78.9 Å². The molecule has 43 heavy (non-hydrogen) atoms. The van der Waals surface area contributed by atoms with Crippen LogP contribution in [0.25, 0.3) is 0 Å². The first-order chi connectivity index (χ1) is 20.3. The monoisotopic (exact) mass is 635 g/mol. The minimum atomic E-state index is -4.72. The van der Waals surface area contributed by atoms with Gasteiger partial charge in [0, 0.05) is 24.0 Å². The molecule has 1 aliphatic carbocycles. The summed E-state index contributed by atoms with van der Waals surface area (Å²) in [7, 11) is -4.21. The maximum absolute atomic E-state index is 14.1. The minimum Gasteiger partial charge on any atom is -0.352 e. The average Bonchev–Trinajstić information content (AvgIpc) is 3.47. The van der Waals surface area contributed by atoms with Crippen molar-refractivity contribution in [1.29, 1.82) is 0 Å². The van der Waals surface area contributed by atoms with Gasteiger partial charge in [0.15, 0.2) is 0 Å². The molecule has 0 unspecified atom stereocenters. The van der Waals surface area contributed by atoms with Gasteiger partial charge < -0.3 is 10.2 Å². The Morgan fingerprint density at radius 2 is 1.60 bits per heavy atom. The molecule has 4 rings (SSSR count). The van der Waals surface area contributed by atoms with Gasteiger partial charge in [-0.25, -0.2) is 8.42 Å². The molecule has 0 aromatic heterocycles. The molecule has 0 radical (unpaired) electrons. The fourth-order valence-corrected chi connectivity index (χ4v) is 6.13. The number of hydrogen-bond donors (Lipinski definition) is 1. The number of carbonyl (C=O) groups excluding carboxylic acids is 2. The van der Waals surface area contributed by atoms with Gasteiger partial charge in [0.25, 0.3) is 0 Å². The van der Waals surface area contributed by atoms with Crippen LogP contribution >= 0.6 is 11.6 Å². The van der Waals surface area contributed by atoms with Crippen LogP contribution in [0.1, 0.15) is 42.4 Å². The molecule has 1 N–H and O–H groups in total. The summed E-state index contributed by atoms with van der Waals surface area (Å²) in [4.78, 5) is 29.2. The van der Waals surface area contributed by atoms with Crippen molar-refractivity contribution in [1.82, 2.24) is 10.2 Å². The molecule has 3 aromatic rings. The Bertz CT molecular complexity index is 1510. The van der Waals surface area contributed by atoms with E-state index in [0.29, 0.717) is 21.0 Å². The SMILES string of the molecule is CS(=O)(=O)N(CC(=O)N(Cc1ccc(Cl)cc1)[C@H](Cc1ccccc1)C(=O)NC1CCCC1)c1cccc(C(F)(F)F)c1. The van der Waals surface area contributed by atoms with E-state index in [-0.39, 0.29) is 30.6 Å². The molecule has 0 bridgehead atoms. The van der Waals surface area contributed by atoms with Gasteiger partial charge in [0.1, 0.15) is 12.6 Å². The van der Waals surface area contributed by atoms with Gasteiger partial charge in [0.05, 0.1) is 17.5 Å². The van der Waals surface area contributed by atoms with Gasteiger partial charge in [-0.2, -0.15) is 13.2 Å². The number of nitrogens with zero attached hydrogens (tertiary/aromatic N) is 2. The van der Waals surface area contributed by atoms with E-state index in [9.17, 15) is 31.2 Å². The normalized spacial score (nSPS) is 14.7. The van der Waals surface area contributed by atoms with E-state index >= 15 is 0 Å². The Kier molecular flexibility index (Phi) is 10.4. The summed E-state index contributed by atoms with van der Waals surface area (Å²) in [6, 6.07) is 18.5. The third-order valence-corrected chi connectivity index (χ3v) is 8.77. The van der Waals surface area contributed by atoms with Crippen molar-refractivity contribution < 1.29 is 31.2 Å². The van der Waals surface area contributed by atoms with E-state index in [1.54, 1.807) is 24.3 Å². The zero-order valence-electron chi connectivity index (χ0n) is 23.6. The standard InChI is InChI=1S/C31H33ClF3N3O4S/c1-43(41,42)38(27-13-7-10-24(19-27)31(33,34)35)21-29(39)37(20-23-14-16-25(32)17-15-23)28(18-22-8-3-2-4-9-22)30(40)36-26-11-5-6-12-26/h2-4,7-10,13-17,19,26,28H,5-6,11-12,18,20-21H2,1H3,(H,36,40)/t28-/m1/s1. The van der Waals surface area contributed by atoms with E-state index in [1.807, 2.05) is 30.3 Å². The van der Waals surface area contributed by atoms with Gasteiger partial charge in [-0.1, -0.05) is 73.0 Å². The fraction of sp³-hybridized carbons (Fsp3) is 0.355. The lowest BCUT2D eigenvalue weighted by Gasteiger charge is -2.34. The van der Waals surface area contributed by atoms with Crippen molar-refractivity contribution in [3.63, 3.8) is 0 Å². The van der Waals surface area contributed by atoms with Crippen LogP contribution < -0.4 is 9.62 Å². The summed E-state index contributed by atoms with van der Waals surface area (Å²) in [6.07, 6.45) is -0.189. The highest BCUT2D eigenvalue weighted by Crippen LogP contribution is 2.32. The molecular formula is C31H33ClF3N3O4S. The molecule has 7 nitrogen and oxygen atoms in total. The van der Waals surface area contributed by atoms with Crippen LogP contribution in [0, 0.1) is 0 Å². The van der Waals surface area contributed by atoms with E-state index in [0.717, 1.165) is 49.6 Å². The van der Waals surface area contributed by atoms with Crippen LogP contribution in [-0.2, 0) is 38.8 Å². The molecule has 1 atom stereocenters. The number of anilines is 1. The summed E-state index contributed by atoms with van der Waals surface area (Å²) < 4.78 is 66.7. The van der Waals surface area contributed by atoms with Crippen LogP contribution in [0.5, 0.6) is 0 Å². The Hall–Kier alpha value is -3.57. The lowest BCUT2D eigenvalue weighted by atomic mass is 10.0. The predicted molar refractivity (Wildman–Crippen MR) is 160 cm³/mol. The number of carbonyl (C=O) groups is 2. The van der Waals surface area contributed by atoms with Crippen molar-refractivity contribution in [3.05, 3.63) is 101 Å². The summed E-state index contributed by atoms with van der Waals surface area (Å²) in [5, 5.41) is 3.52. The molecule has 0 spiro atoms. The first kappa shape index (κ1) is 32.3. The van der Waals surface area contributed by atoms with Crippen LogP contribution in [0.2, 0.25) is 5.02 Å². The van der Waals surface area contributed by atoms with E-state index in [2.05, 4.69) is 5.32 Å². The Morgan fingerprint density at radius 3 is 2.21 bits per heavy atom. The number of halogens is 4. The zero-order valence-corrected chi connectivity index (χ0v) is 25.1. The highest BCUT2D eigenvalue weighted by molar-refractivity contribution is 7.92. The Labute approximate surface area is 254 Å². The molecule has 1 saturated carbocycles. The molecule has 0 saturated heterocycles. The van der Waals surface area contributed by atoms with Gasteiger partial charge in [-0.05, 0) is 54.3 Å². The quantitative estimate of drug-likeness (QED) is 0.288. The molecule has 3 aromatic carbocycles. The largest absolute Gasteiger partial charge is 0.416 e. The van der Waals surface area contributed by atoms with Gasteiger partial charge in [-0.15, -0.1) is 0 Å². The molecule has 1 aliphatic rings. The van der Waals surface area contributed by atoms with E-state index in [1.165, 1.54) is 11.0 Å². The maximum atomic E-state index is 14.1. The molecule has 1 fully saturated rings. The molecule has 2 amide bonds. The zero-order chi connectivity index (χ0) is 31.2. The third kappa shape index (κ3) is 8.96. The summed E-state index contributed by atoms with van der Waals surface area (Å²) in [5.74, 6) is -1.14. The van der Waals surface area contributed by atoms with Crippen molar-refractivity contribution in [2.75, 3.05) is 17.1 Å². The number of sulfonamides is 1. The molecule has 0 heterocycles. The Morgan fingerprint density at radius 1 is 0.953 bits per heavy atom. The van der Waals surface area contributed by atoms with Gasteiger partial charge in [0.2, 0.25) is 21.8 Å². The summed E-state index contributed by atoms with van der Waals surface area (Å²) in [6.45, 7) is -0.873. The Balaban J connectivity index is 1.73. The van der Waals surface area contributed by atoms with Crippen molar-refractivity contribution in [2.24, 2.45) is 0 Å². The highest BCUT2D eigenvalue weighted by atomic mass is 35.5. The highest BCUT2D eigenvalue weighted by Gasteiger charge is 2.35. The van der Waals surface area contributed by atoms with Crippen LogP contribution in [0.4, 0.5) is 18.9 Å². The number of amides is 2.